The van der Waals surface area contributed by atoms with Crippen molar-refractivity contribution in [3.05, 3.63) is 60.2 Å². The van der Waals surface area contributed by atoms with Crippen LogP contribution < -0.4 is 15.6 Å². The minimum atomic E-state index is -0.240. The zero-order chi connectivity index (χ0) is 12.8. The number of amides is 1. The third-order valence-corrected chi connectivity index (χ3v) is 2.45. The SMILES string of the molecule is COc1ccccc1C(=O)NNc1ccccc1. The van der Waals surface area contributed by atoms with E-state index in [1.807, 2.05) is 36.4 Å². The van der Waals surface area contributed by atoms with Crippen LogP contribution in [0.3, 0.4) is 0 Å². The van der Waals surface area contributed by atoms with Crippen molar-refractivity contribution in [2.75, 3.05) is 12.5 Å². The van der Waals surface area contributed by atoms with Gasteiger partial charge >= 0.3 is 0 Å². The largest absolute Gasteiger partial charge is 0.496 e. The van der Waals surface area contributed by atoms with E-state index in [2.05, 4.69) is 10.9 Å². The molecule has 0 saturated carbocycles. The Morgan fingerprint density at radius 1 is 1.00 bits per heavy atom. The summed E-state index contributed by atoms with van der Waals surface area (Å²) in [6, 6.07) is 16.5. The molecule has 2 aromatic rings. The summed E-state index contributed by atoms with van der Waals surface area (Å²) < 4.78 is 5.13. The van der Waals surface area contributed by atoms with Crippen LogP contribution in [-0.2, 0) is 0 Å². The Morgan fingerprint density at radius 2 is 1.67 bits per heavy atom. The van der Waals surface area contributed by atoms with E-state index < -0.39 is 0 Å². The monoisotopic (exact) mass is 242 g/mol. The Morgan fingerprint density at radius 3 is 2.39 bits per heavy atom. The minimum absolute atomic E-state index is 0.240. The molecule has 0 spiro atoms. The number of rotatable bonds is 4. The van der Waals surface area contributed by atoms with Gasteiger partial charge in [-0.25, -0.2) is 0 Å². The molecule has 0 aliphatic carbocycles. The number of para-hydroxylation sites is 2. The highest BCUT2D eigenvalue weighted by Crippen LogP contribution is 2.16. The summed E-state index contributed by atoms with van der Waals surface area (Å²) in [6.45, 7) is 0. The average molecular weight is 242 g/mol. The van der Waals surface area contributed by atoms with Crippen LogP contribution in [0.5, 0.6) is 5.75 Å². The van der Waals surface area contributed by atoms with Crippen molar-refractivity contribution in [2.24, 2.45) is 0 Å². The number of hydrogen-bond donors (Lipinski definition) is 2. The first-order valence-corrected chi connectivity index (χ1v) is 5.55. The Hall–Kier alpha value is -2.49. The number of ether oxygens (including phenoxy) is 1. The lowest BCUT2D eigenvalue weighted by Gasteiger charge is -2.10. The average Bonchev–Trinajstić information content (AvgIpc) is 2.45. The predicted molar refractivity (Wildman–Crippen MR) is 70.5 cm³/mol. The van der Waals surface area contributed by atoms with Gasteiger partial charge in [-0.2, -0.15) is 0 Å². The third kappa shape index (κ3) is 2.79. The van der Waals surface area contributed by atoms with Crippen molar-refractivity contribution < 1.29 is 9.53 Å². The maximum Gasteiger partial charge on any atom is 0.273 e. The first kappa shape index (κ1) is 12.0. The number of hydrogen-bond acceptors (Lipinski definition) is 3. The highest BCUT2D eigenvalue weighted by molar-refractivity contribution is 5.97. The summed E-state index contributed by atoms with van der Waals surface area (Å²) >= 11 is 0. The van der Waals surface area contributed by atoms with Gasteiger partial charge in [0.05, 0.1) is 18.4 Å². The second-order valence-corrected chi connectivity index (χ2v) is 3.65. The van der Waals surface area contributed by atoms with Crippen molar-refractivity contribution in [2.45, 2.75) is 0 Å². The number of methoxy groups -OCH3 is 1. The van der Waals surface area contributed by atoms with E-state index >= 15 is 0 Å². The number of carbonyl (C=O) groups excluding carboxylic acids is 1. The van der Waals surface area contributed by atoms with Crippen LogP contribution in [0.1, 0.15) is 10.4 Å². The van der Waals surface area contributed by atoms with Crippen molar-refractivity contribution >= 4 is 11.6 Å². The number of carbonyl (C=O) groups is 1. The molecule has 0 bridgehead atoms. The molecule has 0 fully saturated rings. The fraction of sp³-hybridized carbons (Fsp3) is 0.0714. The molecule has 0 aliphatic heterocycles. The van der Waals surface area contributed by atoms with Crippen LogP contribution in [-0.4, -0.2) is 13.0 Å². The van der Waals surface area contributed by atoms with E-state index in [1.54, 1.807) is 18.2 Å². The van der Waals surface area contributed by atoms with Crippen molar-refractivity contribution in [1.82, 2.24) is 5.43 Å². The van der Waals surface area contributed by atoms with Gasteiger partial charge in [-0.3, -0.25) is 15.6 Å². The van der Waals surface area contributed by atoms with Gasteiger partial charge in [0.2, 0.25) is 0 Å². The highest BCUT2D eigenvalue weighted by Gasteiger charge is 2.10. The van der Waals surface area contributed by atoms with E-state index in [4.69, 9.17) is 4.74 Å². The molecule has 4 nitrogen and oxygen atoms in total. The molecule has 0 heterocycles. The maximum absolute atomic E-state index is 11.9. The molecule has 0 unspecified atom stereocenters. The van der Waals surface area contributed by atoms with Crippen molar-refractivity contribution in [1.29, 1.82) is 0 Å². The Labute approximate surface area is 106 Å². The molecule has 18 heavy (non-hydrogen) atoms. The van der Waals surface area contributed by atoms with Gasteiger partial charge in [0.25, 0.3) is 5.91 Å². The molecule has 4 heteroatoms. The molecule has 0 aliphatic rings. The first-order valence-electron chi connectivity index (χ1n) is 5.55. The smallest absolute Gasteiger partial charge is 0.273 e. The lowest BCUT2D eigenvalue weighted by Crippen LogP contribution is -2.29. The molecular weight excluding hydrogens is 228 g/mol. The summed E-state index contributed by atoms with van der Waals surface area (Å²) in [5.74, 6) is 0.307. The van der Waals surface area contributed by atoms with E-state index in [0.717, 1.165) is 5.69 Å². The fourth-order valence-electron chi connectivity index (χ4n) is 1.55. The minimum Gasteiger partial charge on any atom is -0.496 e. The van der Waals surface area contributed by atoms with Crippen LogP contribution in [0.4, 0.5) is 5.69 Å². The summed E-state index contributed by atoms with van der Waals surface area (Å²) in [7, 11) is 1.54. The van der Waals surface area contributed by atoms with Crippen LogP contribution in [0.2, 0.25) is 0 Å². The third-order valence-electron chi connectivity index (χ3n) is 2.45. The summed E-state index contributed by atoms with van der Waals surface area (Å²) in [5, 5.41) is 0. The molecule has 0 aromatic heterocycles. The zero-order valence-electron chi connectivity index (χ0n) is 10.0. The Balaban J connectivity index is 2.04. The molecular formula is C14H14N2O2. The molecule has 0 radical (unpaired) electrons. The van der Waals surface area contributed by atoms with E-state index in [9.17, 15) is 4.79 Å². The quantitative estimate of drug-likeness (QED) is 0.810. The first-order chi connectivity index (χ1) is 8.81. The van der Waals surface area contributed by atoms with Crippen LogP contribution in [0.15, 0.2) is 54.6 Å². The Kier molecular flexibility index (Phi) is 3.81. The summed E-state index contributed by atoms with van der Waals surface area (Å²) in [4.78, 5) is 11.9. The number of hydrazine groups is 1. The molecule has 92 valence electrons. The molecule has 2 N–H and O–H groups in total. The van der Waals surface area contributed by atoms with Gasteiger partial charge in [-0.05, 0) is 24.3 Å². The lowest BCUT2D eigenvalue weighted by atomic mass is 10.2. The lowest BCUT2D eigenvalue weighted by molar-refractivity contribution is 0.0959. The maximum atomic E-state index is 11.9. The van der Waals surface area contributed by atoms with Crippen molar-refractivity contribution in [3.63, 3.8) is 0 Å². The second-order valence-electron chi connectivity index (χ2n) is 3.65. The molecule has 0 atom stereocenters. The van der Waals surface area contributed by atoms with E-state index in [0.29, 0.717) is 11.3 Å². The molecule has 2 aromatic carbocycles. The topological polar surface area (TPSA) is 50.4 Å². The van der Waals surface area contributed by atoms with Gasteiger partial charge in [-0.1, -0.05) is 30.3 Å². The molecule has 0 saturated heterocycles. The highest BCUT2D eigenvalue weighted by atomic mass is 16.5. The van der Waals surface area contributed by atoms with Gasteiger partial charge in [0.15, 0.2) is 0 Å². The van der Waals surface area contributed by atoms with Gasteiger partial charge in [-0.15, -0.1) is 0 Å². The predicted octanol–water partition coefficient (Wildman–Crippen LogP) is 2.45. The molecule has 1 amide bonds. The molecule has 2 rings (SSSR count). The number of nitrogens with one attached hydrogen (secondary N) is 2. The summed E-state index contributed by atoms with van der Waals surface area (Å²) in [5.41, 5.74) is 6.77. The normalized spacial score (nSPS) is 9.61. The van der Waals surface area contributed by atoms with E-state index in [1.165, 1.54) is 7.11 Å². The van der Waals surface area contributed by atoms with Gasteiger partial charge in [0, 0.05) is 0 Å². The van der Waals surface area contributed by atoms with E-state index in [-0.39, 0.29) is 5.91 Å². The van der Waals surface area contributed by atoms with Gasteiger partial charge < -0.3 is 4.74 Å². The number of anilines is 1. The van der Waals surface area contributed by atoms with Crippen molar-refractivity contribution in [3.8, 4) is 5.75 Å². The van der Waals surface area contributed by atoms with Crippen LogP contribution in [0, 0.1) is 0 Å². The zero-order valence-corrected chi connectivity index (χ0v) is 10.0. The summed E-state index contributed by atoms with van der Waals surface area (Å²) in [6.07, 6.45) is 0. The van der Waals surface area contributed by atoms with Crippen LogP contribution >= 0.6 is 0 Å². The standard InChI is InChI=1S/C14H14N2O2/c1-18-13-10-6-5-9-12(13)14(17)16-15-11-7-3-2-4-8-11/h2-10,15H,1H3,(H,16,17). The van der Waals surface area contributed by atoms with Crippen LogP contribution in [0.25, 0.3) is 0 Å². The number of benzene rings is 2. The second kappa shape index (κ2) is 5.72. The fourth-order valence-corrected chi connectivity index (χ4v) is 1.55. The van der Waals surface area contributed by atoms with Gasteiger partial charge in [0.1, 0.15) is 5.75 Å². The Bertz CT molecular complexity index is 526.